The van der Waals surface area contributed by atoms with Gasteiger partial charge in [-0.25, -0.2) is 0 Å². The number of hydrogen-bond acceptors (Lipinski definition) is 1. The Morgan fingerprint density at radius 1 is 0.833 bits per heavy atom. The van der Waals surface area contributed by atoms with Gasteiger partial charge in [0.1, 0.15) is 6.10 Å². The fourth-order valence-electron chi connectivity index (χ4n) is 2.14. The molecule has 1 heteroatoms. The lowest BCUT2D eigenvalue weighted by Gasteiger charge is -2.15. The second-order valence-electron chi connectivity index (χ2n) is 5.08. The van der Waals surface area contributed by atoms with Crippen LogP contribution < -0.4 is 0 Å². The molecule has 18 heavy (non-hydrogen) atoms. The zero-order chi connectivity index (χ0) is 13.1. The molecular weight excluding hydrogens is 220 g/mol. The number of aliphatic hydroxyl groups excluding tert-OH is 1. The van der Waals surface area contributed by atoms with E-state index in [0.717, 1.165) is 16.7 Å². The number of aliphatic hydroxyl groups is 1. The summed E-state index contributed by atoms with van der Waals surface area (Å²) in [6.07, 6.45) is -0.535. The highest BCUT2D eigenvalue weighted by atomic mass is 16.3. The normalized spacial score (nSPS) is 12.7. The third kappa shape index (κ3) is 2.62. The molecule has 0 aromatic heterocycles. The highest BCUT2D eigenvalue weighted by Gasteiger charge is 2.12. The van der Waals surface area contributed by atoms with Gasteiger partial charge in [-0.15, -0.1) is 0 Å². The zero-order valence-electron chi connectivity index (χ0n) is 11.2. The molecule has 0 aliphatic heterocycles. The van der Waals surface area contributed by atoms with E-state index in [0.29, 0.717) is 5.92 Å². The van der Waals surface area contributed by atoms with Crippen molar-refractivity contribution in [1.29, 1.82) is 0 Å². The van der Waals surface area contributed by atoms with Gasteiger partial charge in [0.05, 0.1) is 0 Å². The predicted octanol–water partition coefficient (Wildman–Crippen LogP) is 4.20. The Morgan fingerprint density at radius 2 is 1.39 bits per heavy atom. The monoisotopic (exact) mass is 240 g/mol. The molecule has 0 fully saturated rings. The molecule has 0 saturated carbocycles. The maximum atomic E-state index is 10.4. The summed E-state index contributed by atoms with van der Waals surface area (Å²) in [4.78, 5) is 0. The molecule has 1 nitrogen and oxygen atoms in total. The van der Waals surface area contributed by atoms with E-state index in [1.54, 1.807) is 0 Å². The lowest BCUT2D eigenvalue weighted by atomic mass is 9.95. The van der Waals surface area contributed by atoms with Crippen molar-refractivity contribution in [2.45, 2.75) is 32.8 Å². The van der Waals surface area contributed by atoms with Gasteiger partial charge < -0.3 is 5.11 Å². The first kappa shape index (κ1) is 12.8. The molecule has 1 N–H and O–H groups in total. The highest BCUT2D eigenvalue weighted by molar-refractivity contribution is 5.36. The Morgan fingerprint density at radius 3 is 1.94 bits per heavy atom. The van der Waals surface area contributed by atoms with Gasteiger partial charge in [0, 0.05) is 0 Å². The molecule has 0 spiro atoms. The fraction of sp³-hybridized carbons (Fsp3) is 0.294. The molecule has 0 aliphatic rings. The van der Waals surface area contributed by atoms with Crippen LogP contribution in [0.15, 0.2) is 48.5 Å². The van der Waals surface area contributed by atoms with E-state index >= 15 is 0 Å². The molecule has 1 atom stereocenters. The molecule has 2 rings (SSSR count). The van der Waals surface area contributed by atoms with E-state index in [-0.39, 0.29) is 0 Å². The van der Waals surface area contributed by atoms with Crippen molar-refractivity contribution in [1.82, 2.24) is 0 Å². The maximum absolute atomic E-state index is 10.4. The van der Waals surface area contributed by atoms with Gasteiger partial charge in [-0.3, -0.25) is 0 Å². The Bertz CT molecular complexity index is 511. The summed E-state index contributed by atoms with van der Waals surface area (Å²) in [5, 5.41) is 10.4. The second-order valence-corrected chi connectivity index (χ2v) is 5.08. The van der Waals surface area contributed by atoms with Gasteiger partial charge in [0.2, 0.25) is 0 Å². The summed E-state index contributed by atoms with van der Waals surface area (Å²) >= 11 is 0. The largest absolute Gasteiger partial charge is 0.384 e. The van der Waals surface area contributed by atoms with Gasteiger partial charge in [-0.2, -0.15) is 0 Å². The summed E-state index contributed by atoms with van der Waals surface area (Å²) in [5.41, 5.74) is 4.36. The summed E-state index contributed by atoms with van der Waals surface area (Å²) in [6.45, 7) is 6.38. The maximum Gasteiger partial charge on any atom is 0.104 e. The molecular formula is C17H20O. The Labute approximate surface area is 109 Å². The van der Waals surface area contributed by atoms with E-state index in [1.165, 1.54) is 5.56 Å². The van der Waals surface area contributed by atoms with Crippen molar-refractivity contribution >= 4 is 0 Å². The van der Waals surface area contributed by atoms with Crippen LogP contribution in [0, 0.1) is 6.92 Å². The second kappa shape index (κ2) is 5.36. The van der Waals surface area contributed by atoms with Crippen LogP contribution in [0.3, 0.4) is 0 Å². The molecule has 0 bridgehead atoms. The van der Waals surface area contributed by atoms with E-state index in [2.05, 4.69) is 26.0 Å². The molecule has 0 saturated heterocycles. The minimum Gasteiger partial charge on any atom is -0.384 e. The first-order chi connectivity index (χ1) is 8.59. The minimum absolute atomic E-state index is 0.523. The van der Waals surface area contributed by atoms with Gasteiger partial charge in [-0.05, 0) is 35.1 Å². The van der Waals surface area contributed by atoms with Gasteiger partial charge >= 0.3 is 0 Å². The van der Waals surface area contributed by atoms with Crippen LogP contribution in [0.1, 0.15) is 48.1 Å². The molecule has 0 heterocycles. The standard InChI is InChI=1S/C17H20O/c1-12(2)14-8-10-15(11-9-14)17(18)16-7-5-4-6-13(16)3/h4-12,17-18H,1-3H3/t17-/m1/s1. The lowest BCUT2D eigenvalue weighted by molar-refractivity contribution is 0.219. The SMILES string of the molecule is Cc1ccccc1[C@H](O)c1ccc(C(C)C)cc1. The number of aryl methyl sites for hydroxylation is 1. The summed E-state index contributed by atoms with van der Waals surface area (Å²) in [7, 11) is 0. The van der Waals surface area contributed by atoms with Crippen molar-refractivity contribution in [2.24, 2.45) is 0 Å². The van der Waals surface area contributed by atoms with Gasteiger partial charge in [0.25, 0.3) is 0 Å². The Hall–Kier alpha value is -1.60. The Kier molecular flexibility index (Phi) is 3.83. The smallest absolute Gasteiger partial charge is 0.104 e. The van der Waals surface area contributed by atoms with Gasteiger partial charge in [-0.1, -0.05) is 62.4 Å². The van der Waals surface area contributed by atoms with Crippen LogP contribution in [0.25, 0.3) is 0 Å². The van der Waals surface area contributed by atoms with E-state index < -0.39 is 6.10 Å². The van der Waals surface area contributed by atoms with E-state index in [1.807, 2.05) is 43.3 Å². The van der Waals surface area contributed by atoms with Crippen LogP contribution in [-0.4, -0.2) is 5.11 Å². The molecule has 94 valence electrons. The first-order valence-electron chi connectivity index (χ1n) is 6.43. The van der Waals surface area contributed by atoms with Crippen LogP contribution in [-0.2, 0) is 0 Å². The third-order valence-corrected chi connectivity index (χ3v) is 3.40. The van der Waals surface area contributed by atoms with Crippen molar-refractivity contribution in [3.05, 3.63) is 70.8 Å². The quantitative estimate of drug-likeness (QED) is 0.852. The predicted molar refractivity (Wildman–Crippen MR) is 75.8 cm³/mol. The minimum atomic E-state index is -0.535. The van der Waals surface area contributed by atoms with Crippen molar-refractivity contribution in [3.63, 3.8) is 0 Å². The average Bonchev–Trinajstić information content (AvgIpc) is 2.38. The zero-order valence-corrected chi connectivity index (χ0v) is 11.2. The highest BCUT2D eigenvalue weighted by Crippen LogP contribution is 2.25. The fourth-order valence-corrected chi connectivity index (χ4v) is 2.14. The topological polar surface area (TPSA) is 20.2 Å². The Balaban J connectivity index is 2.29. The first-order valence-corrected chi connectivity index (χ1v) is 6.43. The third-order valence-electron chi connectivity index (χ3n) is 3.40. The van der Waals surface area contributed by atoms with E-state index in [9.17, 15) is 5.11 Å². The van der Waals surface area contributed by atoms with Crippen LogP contribution in [0.2, 0.25) is 0 Å². The summed E-state index contributed by atoms with van der Waals surface area (Å²) < 4.78 is 0. The lowest BCUT2D eigenvalue weighted by Crippen LogP contribution is -2.02. The molecule has 0 amide bonds. The van der Waals surface area contributed by atoms with Crippen LogP contribution in [0.5, 0.6) is 0 Å². The molecule has 0 radical (unpaired) electrons. The van der Waals surface area contributed by atoms with E-state index in [4.69, 9.17) is 0 Å². The molecule has 2 aromatic carbocycles. The van der Waals surface area contributed by atoms with Crippen LogP contribution in [0.4, 0.5) is 0 Å². The van der Waals surface area contributed by atoms with Crippen molar-refractivity contribution in [3.8, 4) is 0 Å². The number of rotatable bonds is 3. The average molecular weight is 240 g/mol. The summed E-state index contributed by atoms with van der Waals surface area (Å²) in [6, 6.07) is 16.2. The van der Waals surface area contributed by atoms with Crippen molar-refractivity contribution in [2.75, 3.05) is 0 Å². The molecule has 2 aromatic rings. The van der Waals surface area contributed by atoms with Gasteiger partial charge in [0.15, 0.2) is 0 Å². The van der Waals surface area contributed by atoms with Crippen LogP contribution >= 0.6 is 0 Å². The molecule has 0 aliphatic carbocycles. The van der Waals surface area contributed by atoms with Crippen molar-refractivity contribution < 1.29 is 5.11 Å². The summed E-state index contributed by atoms with van der Waals surface area (Å²) in [5.74, 6) is 0.523. The molecule has 0 unspecified atom stereocenters. The number of hydrogen-bond donors (Lipinski definition) is 1. The number of benzene rings is 2.